The van der Waals surface area contributed by atoms with Crippen molar-refractivity contribution in [3.8, 4) is 0 Å². The topological polar surface area (TPSA) is 20.3 Å². The SMILES string of the molecule is CCCCCC=CCC=CCCCCCCCCC(CCCCCCCCC=CCCCCCCCC)C(=O)CCCCN(C)C. The Hall–Kier alpha value is -1.15. The summed E-state index contributed by atoms with van der Waals surface area (Å²) in [6.45, 7) is 5.65. The lowest BCUT2D eigenvalue weighted by Crippen LogP contribution is -2.16. The summed E-state index contributed by atoms with van der Waals surface area (Å²) in [5, 5.41) is 0. The summed E-state index contributed by atoms with van der Waals surface area (Å²) in [7, 11) is 4.26. The molecule has 0 saturated carbocycles. The van der Waals surface area contributed by atoms with Crippen molar-refractivity contribution >= 4 is 5.78 Å². The van der Waals surface area contributed by atoms with Crippen LogP contribution in [0.3, 0.4) is 0 Å². The fourth-order valence-electron chi connectivity index (χ4n) is 6.41. The number of carbonyl (C=O) groups is 1. The van der Waals surface area contributed by atoms with Crippen molar-refractivity contribution in [2.75, 3.05) is 20.6 Å². The van der Waals surface area contributed by atoms with Gasteiger partial charge in [0.25, 0.3) is 0 Å². The number of hydrogen-bond donors (Lipinski definition) is 0. The van der Waals surface area contributed by atoms with Crippen LogP contribution in [0.4, 0.5) is 0 Å². The smallest absolute Gasteiger partial charge is 0.135 e. The fourth-order valence-corrected chi connectivity index (χ4v) is 6.41. The van der Waals surface area contributed by atoms with Crippen molar-refractivity contribution in [1.82, 2.24) is 4.90 Å². The maximum absolute atomic E-state index is 13.1. The molecule has 0 N–H and O–H groups in total. The van der Waals surface area contributed by atoms with E-state index >= 15 is 0 Å². The Morgan fingerprint density at radius 1 is 0.457 bits per heavy atom. The molecule has 0 aliphatic heterocycles. The third-order valence-electron chi connectivity index (χ3n) is 9.55. The highest BCUT2D eigenvalue weighted by atomic mass is 16.1. The van der Waals surface area contributed by atoms with E-state index in [9.17, 15) is 4.79 Å². The number of nitrogens with zero attached hydrogens (tertiary/aromatic N) is 1. The molecule has 0 spiro atoms. The van der Waals surface area contributed by atoms with Gasteiger partial charge in [0.05, 0.1) is 0 Å². The average Bonchev–Trinajstić information content (AvgIpc) is 3.05. The minimum absolute atomic E-state index is 0.321. The second kappa shape index (κ2) is 38.3. The van der Waals surface area contributed by atoms with Gasteiger partial charge in [-0.15, -0.1) is 0 Å². The van der Waals surface area contributed by atoms with E-state index in [2.05, 4.69) is 69.3 Å². The second-order valence-electron chi connectivity index (χ2n) is 14.5. The first-order valence-electron chi connectivity index (χ1n) is 20.7. The standard InChI is InChI=1S/C44H83NO/c1-5-7-9-11-13-15-17-19-21-23-25-27-29-31-33-35-39-43(44(46)41-37-38-42-45(3)4)40-36-34-32-30-28-26-24-22-20-18-16-14-12-10-8-6-2/h13,15,19-22,43H,5-12,14,16-18,23-42H2,1-4H3. The minimum atomic E-state index is 0.321. The van der Waals surface area contributed by atoms with Crippen molar-refractivity contribution in [3.63, 3.8) is 0 Å². The van der Waals surface area contributed by atoms with Crippen molar-refractivity contribution in [2.45, 2.75) is 213 Å². The van der Waals surface area contributed by atoms with Crippen molar-refractivity contribution in [1.29, 1.82) is 0 Å². The van der Waals surface area contributed by atoms with E-state index in [1.165, 1.54) is 161 Å². The highest BCUT2D eigenvalue weighted by Gasteiger charge is 2.17. The van der Waals surface area contributed by atoms with Crippen molar-refractivity contribution in [3.05, 3.63) is 36.5 Å². The van der Waals surface area contributed by atoms with E-state index in [0.29, 0.717) is 11.7 Å². The van der Waals surface area contributed by atoms with Crippen molar-refractivity contribution in [2.24, 2.45) is 5.92 Å². The van der Waals surface area contributed by atoms with Crippen LogP contribution in [0.25, 0.3) is 0 Å². The first kappa shape index (κ1) is 44.9. The summed E-state index contributed by atoms with van der Waals surface area (Å²) < 4.78 is 0. The van der Waals surface area contributed by atoms with Gasteiger partial charge in [-0.25, -0.2) is 0 Å². The quantitative estimate of drug-likeness (QED) is 0.0497. The predicted octanol–water partition coefficient (Wildman–Crippen LogP) is 14.5. The highest BCUT2D eigenvalue weighted by Crippen LogP contribution is 2.22. The number of allylic oxidation sites excluding steroid dienone is 6. The first-order valence-corrected chi connectivity index (χ1v) is 20.7. The third kappa shape index (κ3) is 35.7. The van der Waals surface area contributed by atoms with Crippen LogP contribution in [-0.2, 0) is 4.79 Å². The Balaban J connectivity index is 3.99. The molecule has 2 heteroatoms. The lowest BCUT2D eigenvalue weighted by atomic mass is 9.88. The molecule has 0 saturated heterocycles. The fraction of sp³-hybridized carbons (Fsp3) is 0.841. The summed E-state index contributed by atoms with van der Waals surface area (Å²) in [6, 6.07) is 0. The van der Waals surface area contributed by atoms with E-state index in [1.807, 2.05) is 0 Å². The summed E-state index contributed by atoms with van der Waals surface area (Å²) in [5.41, 5.74) is 0. The van der Waals surface area contributed by atoms with Gasteiger partial charge in [0.15, 0.2) is 0 Å². The molecule has 2 nitrogen and oxygen atoms in total. The van der Waals surface area contributed by atoms with Crippen LogP contribution in [0, 0.1) is 5.92 Å². The second-order valence-corrected chi connectivity index (χ2v) is 14.5. The largest absolute Gasteiger partial charge is 0.309 e. The molecule has 0 aromatic rings. The lowest BCUT2D eigenvalue weighted by Gasteiger charge is -2.16. The van der Waals surface area contributed by atoms with E-state index in [0.717, 1.165) is 45.1 Å². The zero-order valence-corrected chi connectivity index (χ0v) is 32.0. The Bertz CT molecular complexity index is 690. The number of carbonyl (C=O) groups excluding carboxylic acids is 1. The molecular weight excluding hydrogens is 558 g/mol. The Morgan fingerprint density at radius 3 is 1.28 bits per heavy atom. The lowest BCUT2D eigenvalue weighted by molar-refractivity contribution is -0.123. The van der Waals surface area contributed by atoms with Gasteiger partial charge in [-0.1, -0.05) is 159 Å². The summed E-state index contributed by atoms with van der Waals surface area (Å²) in [5.74, 6) is 0.885. The molecule has 1 atom stereocenters. The molecule has 0 radical (unpaired) electrons. The number of hydrogen-bond acceptors (Lipinski definition) is 2. The molecule has 0 fully saturated rings. The molecule has 0 aliphatic rings. The number of Topliss-reactive ketones (excluding diaryl/α,β-unsaturated/α-hetero) is 1. The number of rotatable bonds is 37. The maximum atomic E-state index is 13.1. The van der Waals surface area contributed by atoms with Gasteiger partial charge < -0.3 is 4.90 Å². The highest BCUT2D eigenvalue weighted by molar-refractivity contribution is 5.80. The zero-order chi connectivity index (χ0) is 33.6. The van der Waals surface area contributed by atoms with Gasteiger partial charge in [-0.05, 0) is 104 Å². The molecule has 0 aromatic heterocycles. The molecular formula is C44H83NO. The van der Waals surface area contributed by atoms with E-state index in [1.54, 1.807) is 0 Å². The van der Waals surface area contributed by atoms with Crippen LogP contribution in [-0.4, -0.2) is 31.3 Å². The molecule has 0 aliphatic carbocycles. The molecule has 1 unspecified atom stereocenters. The number of unbranched alkanes of at least 4 members (excludes halogenated alkanes) is 22. The van der Waals surface area contributed by atoms with E-state index < -0.39 is 0 Å². The third-order valence-corrected chi connectivity index (χ3v) is 9.55. The molecule has 46 heavy (non-hydrogen) atoms. The van der Waals surface area contributed by atoms with Crippen LogP contribution < -0.4 is 0 Å². The molecule has 270 valence electrons. The number of ketones is 1. The molecule has 0 bridgehead atoms. The van der Waals surface area contributed by atoms with Crippen LogP contribution in [0.5, 0.6) is 0 Å². The van der Waals surface area contributed by atoms with Crippen LogP contribution in [0.1, 0.15) is 213 Å². The van der Waals surface area contributed by atoms with Gasteiger partial charge in [-0.2, -0.15) is 0 Å². The van der Waals surface area contributed by atoms with Gasteiger partial charge in [0, 0.05) is 12.3 Å². The van der Waals surface area contributed by atoms with Crippen LogP contribution >= 0.6 is 0 Å². The van der Waals surface area contributed by atoms with Crippen molar-refractivity contribution < 1.29 is 4.79 Å². The van der Waals surface area contributed by atoms with Gasteiger partial charge in [0.1, 0.15) is 5.78 Å². The van der Waals surface area contributed by atoms with Gasteiger partial charge in [-0.3, -0.25) is 4.79 Å². The molecule has 0 heterocycles. The minimum Gasteiger partial charge on any atom is -0.309 e. The summed E-state index contributed by atoms with van der Waals surface area (Å²) in [4.78, 5) is 15.4. The van der Waals surface area contributed by atoms with Gasteiger partial charge in [0.2, 0.25) is 0 Å². The van der Waals surface area contributed by atoms with E-state index in [4.69, 9.17) is 0 Å². The zero-order valence-electron chi connectivity index (χ0n) is 32.0. The molecule has 0 rings (SSSR count). The Labute approximate surface area is 290 Å². The average molecular weight is 642 g/mol. The summed E-state index contributed by atoms with van der Waals surface area (Å²) >= 11 is 0. The van der Waals surface area contributed by atoms with Crippen LogP contribution in [0.15, 0.2) is 36.5 Å². The Morgan fingerprint density at radius 2 is 0.826 bits per heavy atom. The van der Waals surface area contributed by atoms with Gasteiger partial charge >= 0.3 is 0 Å². The predicted molar refractivity (Wildman–Crippen MR) is 209 cm³/mol. The summed E-state index contributed by atoms with van der Waals surface area (Å²) in [6.07, 6.45) is 53.8. The molecule has 0 aromatic carbocycles. The first-order chi connectivity index (χ1) is 22.6. The normalized spacial score (nSPS) is 12.9. The Kier molecular flexibility index (Phi) is 37.3. The van der Waals surface area contributed by atoms with E-state index in [-0.39, 0.29) is 0 Å². The monoisotopic (exact) mass is 642 g/mol. The molecule has 0 amide bonds. The van der Waals surface area contributed by atoms with Crippen LogP contribution in [0.2, 0.25) is 0 Å². The maximum Gasteiger partial charge on any atom is 0.135 e.